The Kier molecular flexibility index (Phi) is 4.90. The summed E-state index contributed by atoms with van der Waals surface area (Å²) in [4.78, 5) is 12.3. The standard InChI is InChI=1S/C23H28N6O/c1-16(2)29-15-24-23-21(29)11-20(26-22(23)18-12-25-27(3)13-18)17-6-8-28(9-7-17)14-19-5-4-10-30-19/h4-5,10-13,15-17H,6-9,14H2,1-3H3. The second kappa shape index (κ2) is 7.72. The average molecular weight is 405 g/mol. The molecule has 0 bridgehead atoms. The highest BCUT2D eigenvalue weighted by Crippen LogP contribution is 2.34. The van der Waals surface area contributed by atoms with Crippen molar-refractivity contribution in [2.24, 2.45) is 7.05 Å². The van der Waals surface area contributed by atoms with Gasteiger partial charge in [0.05, 0.1) is 30.8 Å². The van der Waals surface area contributed by atoms with E-state index in [1.807, 2.05) is 36.5 Å². The van der Waals surface area contributed by atoms with Crippen LogP contribution in [-0.4, -0.2) is 42.3 Å². The van der Waals surface area contributed by atoms with Gasteiger partial charge in [-0.3, -0.25) is 9.58 Å². The van der Waals surface area contributed by atoms with Crippen molar-refractivity contribution in [3.63, 3.8) is 0 Å². The van der Waals surface area contributed by atoms with E-state index in [0.29, 0.717) is 12.0 Å². The first kappa shape index (κ1) is 19.1. The van der Waals surface area contributed by atoms with E-state index < -0.39 is 0 Å². The van der Waals surface area contributed by atoms with Gasteiger partial charge in [0, 0.05) is 36.5 Å². The Bertz CT molecular complexity index is 1130. The third-order valence-electron chi connectivity index (χ3n) is 6.08. The first-order chi connectivity index (χ1) is 14.6. The molecule has 7 nitrogen and oxygen atoms in total. The molecule has 7 heteroatoms. The number of piperidine rings is 1. The zero-order valence-electron chi connectivity index (χ0n) is 17.8. The molecule has 0 N–H and O–H groups in total. The van der Waals surface area contributed by atoms with Crippen LogP contribution in [0.4, 0.5) is 0 Å². The lowest BCUT2D eigenvalue weighted by molar-refractivity contribution is 0.190. The minimum absolute atomic E-state index is 0.349. The third kappa shape index (κ3) is 3.54. The van der Waals surface area contributed by atoms with Crippen LogP contribution in [0.3, 0.4) is 0 Å². The Morgan fingerprint density at radius 2 is 2.07 bits per heavy atom. The van der Waals surface area contributed by atoms with Gasteiger partial charge >= 0.3 is 0 Å². The largest absolute Gasteiger partial charge is 0.468 e. The van der Waals surface area contributed by atoms with E-state index in [9.17, 15) is 0 Å². The van der Waals surface area contributed by atoms with Gasteiger partial charge in [0.1, 0.15) is 17.0 Å². The molecule has 1 aliphatic rings. The van der Waals surface area contributed by atoms with Gasteiger partial charge in [-0.2, -0.15) is 5.10 Å². The third-order valence-corrected chi connectivity index (χ3v) is 6.08. The molecule has 1 aliphatic heterocycles. The number of aryl methyl sites for hydroxylation is 1. The van der Waals surface area contributed by atoms with E-state index in [2.05, 4.69) is 40.5 Å². The number of fused-ring (bicyclic) bond motifs is 1. The fourth-order valence-corrected chi connectivity index (χ4v) is 4.43. The minimum Gasteiger partial charge on any atom is -0.468 e. The lowest BCUT2D eigenvalue weighted by Gasteiger charge is -2.31. The van der Waals surface area contributed by atoms with E-state index in [4.69, 9.17) is 14.4 Å². The fourth-order valence-electron chi connectivity index (χ4n) is 4.43. The molecule has 30 heavy (non-hydrogen) atoms. The Morgan fingerprint density at radius 1 is 1.23 bits per heavy atom. The highest BCUT2D eigenvalue weighted by atomic mass is 16.3. The zero-order valence-corrected chi connectivity index (χ0v) is 17.8. The molecule has 4 aromatic heterocycles. The quantitative estimate of drug-likeness (QED) is 0.494. The number of aromatic nitrogens is 5. The van der Waals surface area contributed by atoms with Crippen LogP contribution in [0.5, 0.6) is 0 Å². The number of pyridine rings is 1. The number of likely N-dealkylation sites (tertiary alicyclic amines) is 1. The molecule has 5 rings (SSSR count). The van der Waals surface area contributed by atoms with E-state index in [1.54, 1.807) is 6.26 Å². The summed E-state index contributed by atoms with van der Waals surface area (Å²) in [6.45, 7) is 7.37. The van der Waals surface area contributed by atoms with Gasteiger partial charge in [-0.1, -0.05) is 0 Å². The van der Waals surface area contributed by atoms with Crippen molar-refractivity contribution in [2.45, 2.75) is 45.2 Å². The van der Waals surface area contributed by atoms with Crippen molar-refractivity contribution in [3.8, 4) is 11.3 Å². The van der Waals surface area contributed by atoms with E-state index in [-0.39, 0.29) is 0 Å². The van der Waals surface area contributed by atoms with Crippen LogP contribution >= 0.6 is 0 Å². The summed E-state index contributed by atoms with van der Waals surface area (Å²) in [5, 5.41) is 4.36. The number of nitrogens with zero attached hydrogens (tertiary/aromatic N) is 6. The lowest BCUT2D eigenvalue weighted by atomic mass is 9.92. The highest BCUT2D eigenvalue weighted by molar-refractivity contribution is 5.89. The molecule has 0 saturated carbocycles. The van der Waals surface area contributed by atoms with E-state index in [0.717, 1.165) is 60.5 Å². The second-order valence-electron chi connectivity index (χ2n) is 8.54. The van der Waals surface area contributed by atoms with Crippen molar-refractivity contribution in [3.05, 3.63) is 54.6 Å². The molecule has 1 saturated heterocycles. The molecule has 0 radical (unpaired) electrons. The maximum Gasteiger partial charge on any atom is 0.117 e. The van der Waals surface area contributed by atoms with Gasteiger partial charge in [0.25, 0.3) is 0 Å². The molecule has 0 amide bonds. The van der Waals surface area contributed by atoms with Crippen LogP contribution < -0.4 is 0 Å². The number of furan rings is 1. The van der Waals surface area contributed by atoms with Crippen LogP contribution in [-0.2, 0) is 13.6 Å². The van der Waals surface area contributed by atoms with E-state index in [1.165, 1.54) is 5.69 Å². The molecule has 0 spiro atoms. The van der Waals surface area contributed by atoms with Crippen LogP contribution in [0.1, 0.15) is 50.1 Å². The SMILES string of the molecule is CC(C)n1cnc2c(-c3cnn(C)c3)nc(C3CCN(Cc4ccco4)CC3)cc21. The Labute approximate surface area is 176 Å². The van der Waals surface area contributed by atoms with Gasteiger partial charge < -0.3 is 8.98 Å². The molecule has 4 aromatic rings. The van der Waals surface area contributed by atoms with Gasteiger partial charge in [0.2, 0.25) is 0 Å². The van der Waals surface area contributed by atoms with Crippen LogP contribution in [0, 0.1) is 0 Å². The first-order valence-electron chi connectivity index (χ1n) is 10.7. The Hall–Kier alpha value is -2.93. The Morgan fingerprint density at radius 3 is 2.73 bits per heavy atom. The molecule has 0 atom stereocenters. The number of imidazole rings is 1. The van der Waals surface area contributed by atoms with Crippen molar-refractivity contribution in [2.75, 3.05) is 13.1 Å². The number of rotatable bonds is 5. The molecule has 1 fully saturated rings. The number of hydrogen-bond donors (Lipinski definition) is 0. The lowest BCUT2D eigenvalue weighted by Crippen LogP contribution is -2.32. The normalized spacial score (nSPS) is 16.1. The highest BCUT2D eigenvalue weighted by Gasteiger charge is 2.25. The molecular formula is C23H28N6O. The van der Waals surface area contributed by atoms with Crippen molar-refractivity contribution in [1.29, 1.82) is 0 Å². The summed E-state index contributed by atoms with van der Waals surface area (Å²) in [5.74, 6) is 1.49. The van der Waals surface area contributed by atoms with Crippen molar-refractivity contribution in [1.82, 2.24) is 29.2 Å². The maximum atomic E-state index is 5.52. The smallest absolute Gasteiger partial charge is 0.117 e. The summed E-state index contributed by atoms with van der Waals surface area (Å²) >= 11 is 0. The number of hydrogen-bond acceptors (Lipinski definition) is 5. The van der Waals surface area contributed by atoms with Crippen LogP contribution in [0.2, 0.25) is 0 Å². The average Bonchev–Trinajstić information content (AvgIpc) is 3.48. The predicted octanol–water partition coefficient (Wildman–Crippen LogP) is 4.39. The van der Waals surface area contributed by atoms with Crippen LogP contribution in [0.15, 0.2) is 47.6 Å². The van der Waals surface area contributed by atoms with Crippen molar-refractivity contribution < 1.29 is 4.42 Å². The van der Waals surface area contributed by atoms with Crippen LogP contribution in [0.25, 0.3) is 22.3 Å². The molecule has 0 unspecified atom stereocenters. The summed E-state index contributed by atoms with van der Waals surface area (Å²) in [6.07, 6.45) is 9.78. The summed E-state index contributed by atoms with van der Waals surface area (Å²) in [6, 6.07) is 6.62. The van der Waals surface area contributed by atoms with Crippen molar-refractivity contribution >= 4 is 11.0 Å². The van der Waals surface area contributed by atoms with Gasteiger partial charge in [0.15, 0.2) is 0 Å². The fraction of sp³-hybridized carbons (Fsp3) is 0.435. The van der Waals surface area contributed by atoms with Gasteiger partial charge in [-0.15, -0.1) is 0 Å². The molecule has 5 heterocycles. The van der Waals surface area contributed by atoms with Gasteiger partial charge in [-0.05, 0) is 58.0 Å². The zero-order chi connectivity index (χ0) is 20.7. The second-order valence-corrected chi connectivity index (χ2v) is 8.54. The molecule has 0 aromatic carbocycles. The summed E-state index contributed by atoms with van der Waals surface area (Å²) in [7, 11) is 1.94. The molecule has 156 valence electrons. The summed E-state index contributed by atoms with van der Waals surface area (Å²) in [5.41, 5.74) is 5.24. The topological polar surface area (TPSA) is 64.9 Å². The monoisotopic (exact) mass is 404 g/mol. The Balaban J connectivity index is 1.46. The first-order valence-corrected chi connectivity index (χ1v) is 10.7. The minimum atomic E-state index is 0.349. The van der Waals surface area contributed by atoms with E-state index >= 15 is 0 Å². The summed E-state index contributed by atoms with van der Waals surface area (Å²) < 4.78 is 9.58. The molecular weight excluding hydrogens is 376 g/mol. The van der Waals surface area contributed by atoms with Gasteiger partial charge in [-0.25, -0.2) is 9.97 Å². The maximum absolute atomic E-state index is 5.52. The predicted molar refractivity (Wildman–Crippen MR) is 116 cm³/mol. The molecule has 0 aliphatic carbocycles.